The first-order chi connectivity index (χ1) is 10.1. The number of rotatable bonds is 5. The molecule has 0 nitrogen and oxygen atoms in total. The van der Waals surface area contributed by atoms with Gasteiger partial charge in [0.15, 0.2) is 11.6 Å². The van der Waals surface area contributed by atoms with E-state index in [9.17, 15) is 8.78 Å². The largest absolute Gasteiger partial charge is 0.204 e. The van der Waals surface area contributed by atoms with Crippen molar-refractivity contribution in [2.45, 2.75) is 38.5 Å². The van der Waals surface area contributed by atoms with Crippen molar-refractivity contribution in [1.82, 2.24) is 0 Å². The van der Waals surface area contributed by atoms with Gasteiger partial charge in [0.05, 0.1) is 5.38 Å². The number of halogens is 3. The molecule has 0 aromatic heterocycles. The maximum Gasteiger partial charge on any atom is 0.162 e. The number of hydrogen-bond donors (Lipinski definition) is 0. The van der Waals surface area contributed by atoms with E-state index in [0.29, 0.717) is 5.56 Å². The van der Waals surface area contributed by atoms with E-state index in [1.807, 2.05) is 0 Å². The van der Waals surface area contributed by atoms with Gasteiger partial charge < -0.3 is 0 Å². The molecule has 0 aliphatic carbocycles. The summed E-state index contributed by atoms with van der Waals surface area (Å²) in [6.07, 6.45) is 2.08. The first-order valence-electron chi connectivity index (χ1n) is 7.25. The van der Waals surface area contributed by atoms with Gasteiger partial charge in [-0.15, -0.1) is 11.6 Å². The van der Waals surface area contributed by atoms with Gasteiger partial charge >= 0.3 is 0 Å². The summed E-state index contributed by atoms with van der Waals surface area (Å²) < 4.78 is 27.1. The number of aryl methyl sites for hydroxylation is 2. The van der Waals surface area contributed by atoms with Gasteiger partial charge in [0.1, 0.15) is 0 Å². The zero-order valence-corrected chi connectivity index (χ0v) is 13.1. The highest BCUT2D eigenvalue weighted by Crippen LogP contribution is 2.30. The maximum absolute atomic E-state index is 13.8. The van der Waals surface area contributed by atoms with Crippen molar-refractivity contribution in [2.24, 2.45) is 0 Å². The molecule has 0 N–H and O–H groups in total. The molecule has 2 aromatic carbocycles. The molecule has 2 aromatic rings. The molecule has 112 valence electrons. The molecular weight excluding hydrogens is 290 g/mol. The minimum Gasteiger partial charge on any atom is -0.204 e. The highest BCUT2D eigenvalue weighted by atomic mass is 35.5. The Morgan fingerprint density at radius 1 is 1.00 bits per heavy atom. The SMILES string of the molecule is CCc1ccc(CC)c(C(Cl)Cc2cccc(F)c2F)c1. The van der Waals surface area contributed by atoms with Crippen molar-refractivity contribution in [3.63, 3.8) is 0 Å². The standard InChI is InChI=1S/C18H19ClF2/c1-3-12-8-9-13(4-2)15(10-12)16(19)11-14-6-5-7-17(20)18(14)21/h5-10,16H,3-4,11H2,1-2H3. The lowest BCUT2D eigenvalue weighted by Gasteiger charge is -2.16. The molecule has 0 amide bonds. The van der Waals surface area contributed by atoms with Crippen molar-refractivity contribution >= 4 is 11.6 Å². The Morgan fingerprint density at radius 3 is 2.43 bits per heavy atom. The minimum atomic E-state index is -0.825. The lowest BCUT2D eigenvalue weighted by molar-refractivity contribution is 0.498. The van der Waals surface area contributed by atoms with Gasteiger partial charge in [-0.1, -0.05) is 44.2 Å². The van der Waals surface area contributed by atoms with Crippen molar-refractivity contribution in [3.05, 3.63) is 70.3 Å². The Kier molecular flexibility index (Phi) is 5.35. The van der Waals surface area contributed by atoms with E-state index < -0.39 is 11.6 Å². The van der Waals surface area contributed by atoms with Gasteiger partial charge in [0.25, 0.3) is 0 Å². The second-order valence-corrected chi connectivity index (χ2v) is 5.65. The number of hydrogen-bond acceptors (Lipinski definition) is 0. The van der Waals surface area contributed by atoms with Crippen molar-refractivity contribution in [1.29, 1.82) is 0 Å². The molecule has 0 radical (unpaired) electrons. The fourth-order valence-electron chi connectivity index (χ4n) is 2.49. The second kappa shape index (κ2) is 7.04. The molecule has 1 atom stereocenters. The molecule has 21 heavy (non-hydrogen) atoms. The molecule has 3 heteroatoms. The summed E-state index contributed by atoms with van der Waals surface area (Å²) in [5, 5.41) is -0.359. The van der Waals surface area contributed by atoms with Crippen LogP contribution in [0.2, 0.25) is 0 Å². The third-order valence-corrected chi connectivity index (χ3v) is 4.16. The summed E-state index contributed by atoms with van der Waals surface area (Å²) in [6, 6.07) is 10.5. The number of alkyl halides is 1. The van der Waals surface area contributed by atoms with E-state index in [0.717, 1.165) is 30.0 Å². The summed E-state index contributed by atoms with van der Waals surface area (Å²) >= 11 is 6.49. The molecule has 0 spiro atoms. The fraction of sp³-hybridized carbons (Fsp3) is 0.333. The highest BCUT2D eigenvalue weighted by molar-refractivity contribution is 6.21. The molecule has 2 rings (SSSR count). The first-order valence-corrected chi connectivity index (χ1v) is 7.69. The second-order valence-electron chi connectivity index (χ2n) is 5.12. The van der Waals surface area contributed by atoms with Crippen LogP contribution in [0.15, 0.2) is 36.4 Å². The molecular formula is C18H19ClF2. The van der Waals surface area contributed by atoms with Gasteiger partial charge in [0, 0.05) is 0 Å². The Hall–Kier alpha value is -1.41. The summed E-state index contributed by atoms with van der Waals surface area (Å²) in [6.45, 7) is 4.15. The fourth-order valence-corrected chi connectivity index (χ4v) is 2.86. The summed E-state index contributed by atoms with van der Waals surface area (Å²) in [5.41, 5.74) is 3.69. The van der Waals surface area contributed by atoms with Crippen LogP contribution in [0.3, 0.4) is 0 Å². The van der Waals surface area contributed by atoms with Crippen LogP contribution in [0.25, 0.3) is 0 Å². The summed E-state index contributed by atoms with van der Waals surface area (Å²) in [5.74, 6) is -1.62. The predicted molar refractivity (Wildman–Crippen MR) is 83.9 cm³/mol. The zero-order chi connectivity index (χ0) is 15.4. The van der Waals surface area contributed by atoms with E-state index in [2.05, 4.69) is 32.0 Å². The van der Waals surface area contributed by atoms with Gasteiger partial charge in [-0.2, -0.15) is 0 Å². The smallest absolute Gasteiger partial charge is 0.162 e. The maximum atomic E-state index is 13.8. The van der Waals surface area contributed by atoms with Crippen molar-refractivity contribution in [2.75, 3.05) is 0 Å². The average Bonchev–Trinajstić information content (AvgIpc) is 2.51. The summed E-state index contributed by atoms with van der Waals surface area (Å²) in [4.78, 5) is 0. The van der Waals surface area contributed by atoms with Crippen LogP contribution in [-0.2, 0) is 19.3 Å². The summed E-state index contributed by atoms with van der Waals surface area (Å²) in [7, 11) is 0. The molecule has 0 heterocycles. The van der Waals surface area contributed by atoms with Gasteiger partial charge in [-0.05, 0) is 47.6 Å². The highest BCUT2D eigenvalue weighted by Gasteiger charge is 2.17. The van der Waals surface area contributed by atoms with E-state index >= 15 is 0 Å². The van der Waals surface area contributed by atoms with E-state index in [1.165, 1.54) is 11.6 Å². The van der Waals surface area contributed by atoms with Gasteiger partial charge in [-0.25, -0.2) is 8.78 Å². The van der Waals surface area contributed by atoms with Crippen LogP contribution in [0.1, 0.15) is 41.5 Å². The number of benzene rings is 2. The third-order valence-electron chi connectivity index (χ3n) is 3.77. The van der Waals surface area contributed by atoms with Crippen LogP contribution in [0, 0.1) is 11.6 Å². The van der Waals surface area contributed by atoms with Crippen LogP contribution in [0.4, 0.5) is 8.78 Å². The van der Waals surface area contributed by atoms with E-state index in [-0.39, 0.29) is 11.8 Å². The van der Waals surface area contributed by atoms with Crippen molar-refractivity contribution < 1.29 is 8.78 Å². The van der Waals surface area contributed by atoms with Crippen LogP contribution >= 0.6 is 11.6 Å². The Bertz CT molecular complexity index is 623. The molecule has 0 bridgehead atoms. The van der Waals surface area contributed by atoms with Crippen LogP contribution in [0.5, 0.6) is 0 Å². The Labute approximate surface area is 129 Å². The topological polar surface area (TPSA) is 0 Å². The van der Waals surface area contributed by atoms with Crippen LogP contribution < -0.4 is 0 Å². The Morgan fingerprint density at radius 2 is 1.76 bits per heavy atom. The molecule has 0 aliphatic rings. The van der Waals surface area contributed by atoms with Crippen molar-refractivity contribution in [3.8, 4) is 0 Å². The molecule has 0 aliphatic heterocycles. The minimum absolute atomic E-state index is 0.283. The Balaban J connectivity index is 2.31. The third kappa shape index (κ3) is 3.62. The normalized spacial score (nSPS) is 12.4. The molecule has 0 fully saturated rings. The lowest BCUT2D eigenvalue weighted by atomic mass is 9.95. The molecule has 1 unspecified atom stereocenters. The molecule has 0 saturated heterocycles. The zero-order valence-electron chi connectivity index (χ0n) is 12.3. The van der Waals surface area contributed by atoms with E-state index in [1.54, 1.807) is 6.07 Å². The predicted octanol–water partition coefficient (Wildman–Crippen LogP) is 5.61. The quantitative estimate of drug-likeness (QED) is 0.630. The molecule has 0 saturated carbocycles. The van der Waals surface area contributed by atoms with Gasteiger partial charge in [0.2, 0.25) is 0 Å². The van der Waals surface area contributed by atoms with Crippen LogP contribution in [-0.4, -0.2) is 0 Å². The van der Waals surface area contributed by atoms with E-state index in [4.69, 9.17) is 11.6 Å². The first kappa shape index (κ1) is 16.0. The van der Waals surface area contributed by atoms with Gasteiger partial charge in [-0.3, -0.25) is 0 Å². The average molecular weight is 309 g/mol. The lowest BCUT2D eigenvalue weighted by Crippen LogP contribution is -2.04. The monoisotopic (exact) mass is 308 g/mol.